The lowest BCUT2D eigenvalue weighted by Gasteiger charge is -2.19. The Hall–Kier alpha value is -1.02. The maximum Gasteiger partial charge on any atom is 0.0396 e. The van der Waals surface area contributed by atoms with E-state index in [1.807, 2.05) is 0 Å². The van der Waals surface area contributed by atoms with Crippen LogP contribution < -0.4 is 10.6 Å². The van der Waals surface area contributed by atoms with Crippen molar-refractivity contribution >= 4 is 5.69 Å². The van der Waals surface area contributed by atoms with E-state index in [0.29, 0.717) is 0 Å². The monoisotopic (exact) mass is 220 g/mol. The highest BCUT2D eigenvalue weighted by molar-refractivity contribution is 5.57. The van der Waals surface area contributed by atoms with E-state index in [-0.39, 0.29) is 0 Å². The molecule has 0 atom stereocenters. The van der Waals surface area contributed by atoms with E-state index >= 15 is 0 Å². The van der Waals surface area contributed by atoms with E-state index in [1.54, 1.807) is 0 Å². The minimum atomic E-state index is 0.797. The van der Waals surface area contributed by atoms with Gasteiger partial charge in [0, 0.05) is 19.8 Å². The van der Waals surface area contributed by atoms with Gasteiger partial charge in [-0.05, 0) is 62.4 Å². The van der Waals surface area contributed by atoms with Gasteiger partial charge in [0.15, 0.2) is 0 Å². The van der Waals surface area contributed by atoms with Crippen LogP contribution >= 0.6 is 0 Å². The molecule has 0 saturated heterocycles. The summed E-state index contributed by atoms with van der Waals surface area (Å²) in [6, 6.07) is 4.61. The van der Waals surface area contributed by atoms with Crippen LogP contribution in [0.2, 0.25) is 0 Å². The third kappa shape index (κ3) is 3.24. The number of anilines is 1. The molecule has 0 spiro atoms. The maximum absolute atomic E-state index is 5.52. The Kier molecular flexibility index (Phi) is 4.81. The number of unbranched alkanes of at least 4 members (excludes halogenated alkanes) is 1. The molecule has 2 heteroatoms. The van der Waals surface area contributed by atoms with E-state index in [2.05, 4.69) is 45.0 Å². The minimum absolute atomic E-state index is 0.797. The molecule has 0 radical (unpaired) electrons. The predicted octanol–water partition coefficient (Wildman–Crippen LogP) is 2.65. The average molecular weight is 220 g/mol. The van der Waals surface area contributed by atoms with Gasteiger partial charge in [-0.25, -0.2) is 0 Å². The summed E-state index contributed by atoms with van der Waals surface area (Å²) in [5, 5.41) is 0. The smallest absolute Gasteiger partial charge is 0.0396 e. The van der Waals surface area contributed by atoms with Crippen LogP contribution in [0.1, 0.15) is 29.5 Å². The number of hydrogen-bond acceptors (Lipinski definition) is 2. The van der Waals surface area contributed by atoms with Crippen LogP contribution in [0.5, 0.6) is 0 Å². The number of benzene rings is 1. The predicted molar refractivity (Wildman–Crippen MR) is 72.2 cm³/mol. The van der Waals surface area contributed by atoms with E-state index in [4.69, 9.17) is 5.73 Å². The first-order chi connectivity index (χ1) is 7.56. The Morgan fingerprint density at radius 1 is 1.12 bits per heavy atom. The molecule has 90 valence electrons. The van der Waals surface area contributed by atoms with Crippen molar-refractivity contribution in [2.45, 2.75) is 33.1 Å². The Morgan fingerprint density at radius 2 is 1.81 bits per heavy atom. The quantitative estimate of drug-likeness (QED) is 0.773. The van der Waals surface area contributed by atoms with Crippen LogP contribution in [-0.2, 0) is 6.42 Å². The van der Waals surface area contributed by atoms with Crippen molar-refractivity contribution in [3.05, 3.63) is 28.8 Å². The highest BCUT2D eigenvalue weighted by atomic mass is 15.1. The molecular weight excluding hydrogens is 196 g/mol. The van der Waals surface area contributed by atoms with Crippen molar-refractivity contribution in [1.29, 1.82) is 0 Å². The number of nitrogens with zero attached hydrogens (tertiary/aromatic N) is 1. The van der Waals surface area contributed by atoms with Crippen LogP contribution in [0, 0.1) is 13.8 Å². The highest BCUT2D eigenvalue weighted by Gasteiger charge is 2.05. The van der Waals surface area contributed by atoms with Gasteiger partial charge in [0.05, 0.1) is 0 Å². The number of aryl methyl sites for hydroxylation is 2. The topological polar surface area (TPSA) is 29.3 Å². The molecule has 2 N–H and O–H groups in total. The summed E-state index contributed by atoms with van der Waals surface area (Å²) in [6.45, 7) is 5.18. The van der Waals surface area contributed by atoms with Crippen LogP contribution in [0.4, 0.5) is 5.69 Å². The highest BCUT2D eigenvalue weighted by Crippen LogP contribution is 2.24. The fourth-order valence-corrected chi connectivity index (χ4v) is 2.00. The average Bonchev–Trinajstić information content (AvgIpc) is 2.23. The number of rotatable bonds is 5. The Labute approximate surface area is 99.5 Å². The first-order valence-electron chi connectivity index (χ1n) is 6.03. The summed E-state index contributed by atoms with van der Waals surface area (Å²) in [6.07, 6.45) is 3.44. The first-order valence-corrected chi connectivity index (χ1v) is 6.03. The largest absolute Gasteiger partial charge is 0.377 e. The second kappa shape index (κ2) is 5.90. The van der Waals surface area contributed by atoms with Gasteiger partial charge in [-0.2, -0.15) is 0 Å². The molecule has 0 fully saturated rings. The summed E-state index contributed by atoms with van der Waals surface area (Å²) < 4.78 is 0. The standard InChI is InChI=1S/C14H24N2/c1-11-9-13(7-5-6-8-15)10-14(12(11)2)16(3)4/h9-10H,5-8,15H2,1-4H3. The van der Waals surface area contributed by atoms with E-state index in [0.717, 1.165) is 19.4 Å². The molecule has 0 aromatic heterocycles. The molecule has 0 aliphatic rings. The van der Waals surface area contributed by atoms with E-state index in [9.17, 15) is 0 Å². The maximum atomic E-state index is 5.52. The first kappa shape index (κ1) is 13.0. The number of nitrogens with two attached hydrogens (primary N) is 1. The second-order valence-corrected chi connectivity index (χ2v) is 4.70. The summed E-state index contributed by atoms with van der Waals surface area (Å²) in [5.41, 5.74) is 11.0. The lowest BCUT2D eigenvalue weighted by molar-refractivity contribution is 0.744. The van der Waals surface area contributed by atoms with Gasteiger partial charge >= 0.3 is 0 Å². The van der Waals surface area contributed by atoms with Crippen molar-refractivity contribution in [1.82, 2.24) is 0 Å². The van der Waals surface area contributed by atoms with Crippen LogP contribution in [0.15, 0.2) is 12.1 Å². The Morgan fingerprint density at radius 3 is 2.38 bits per heavy atom. The minimum Gasteiger partial charge on any atom is -0.377 e. The lowest BCUT2D eigenvalue weighted by atomic mass is 10.00. The molecule has 0 aliphatic carbocycles. The van der Waals surface area contributed by atoms with Crippen LogP contribution in [-0.4, -0.2) is 20.6 Å². The van der Waals surface area contributed by atoms with Gasteiger partial charge in [0.2, 0.25) is 0 Å². The SMILES string of the molecule is Cc1cc(CCCCN)cc(N(C)C)c1C. The fourth-order valence-electron chi connectivity index (χ4n) is 2.00. The molecule has 2 nitrogen and oxygen atoms in total. The fraction of sp³-hybridized carbons (Fsp3) is 0.571. The second-order valence-electron chi connectivity index (χ2n) is 4.70. The van der Waals surface area contributed by atoms with Gasteiger partial charge in [0.25, 0.3) is 0 Å². The third-order valence-electron chi connectivity index (χ3n) is 3.10. The summed E-state index contributed by atoms with van der Waals surface area (Å²) in [5.74, 6) is 0. The summed E-state index contributed by atoms with van der Waals surface area (Å²) >= 11 is 0. The molecule has 0 heterocycles. The molecule has 0 unspecified atom stereocenters. The van der Waals surface area contributed by atoms with Crippen LogP contribution in [0.3, 0.4) is 0 Å². The molecule has 0 bridgehead atoms. The van der Waals surface area contributed by atoms with E-state index < -0.39 is 0 Å². The molecule has 16 heavy (non-hydrogen) atoms. The van der Waals surface area contributed by atoms with Crippen LogP contribution in [0.25, 0.3) is 0 Å². The van der Waals surface area contributed by atoms with Gasteiger partial charge in [-0.1, -0.05) is 6.07 Å². The van der Waals surface area contributed by atoms with Gasteiger partial charge in [-0.3, -0.25) is 0 Å². The summed E-state index contributed by atoms with van der Waals surface area (Å²) in [4.78, 5) is 2.19. The molecule has 1 aromatic rings. The van der Waals surface area contributed by atoms with Gasteiger partial charge < -0.3 is 10.6 Å². The molecular formula is C14H24N2. The summed E-state index contributed by atoms with van der Waals surface area (Å²) in [7, 11) is 4.21. The molecule has 1 aromatic carbocycles. The Bertz CT molecular complexity index is 343. The number of hydrogen-bond donors (Lipinski definition) is 1. The third-order valence-corrected chi connectivity index (χ3v) is 3.10. The van der Waals surface area contributed by atoms with Crippen molar-refractivity contribution in [2.24, 2.45) is 5.73 Å². The molecule has 0 amide bonds. The molecule has 1 rings (SSSR count). The van der Waals surface area contributed by atoms with Gasteiger partial charge in [0.1, 0.15) is 0 Å². The van der Waals surface area contributed by atoms with Crippen molar-refractivity contribution in [3.63, 3.8) is 0 Å². The lowest BCUT2D eigenvalue weighted by Crippen LogP contribution is -2.11. The zero-order valence-electron chi connectivity index (χ0n) is 11.0. The Balaban J connectivity index is 2.86. The molecule has 0 saturated carbocycles. The van der Waals surface area contributed by atoms with Crippen molar-refractivity contribution in [3.8, 4) is 0 Å². The normalized spacial score (nSPS) is 10.6. The van der Waals surface area contributed by atoms with Gasteiger partial charge in [-0.15, -0.1) is 0 Å². The zero-order valence-corrected chi connectivity index (χ0v) is 11.0. The van der Waals surface area contributed by atoms with E-state index in [1.165, 1.54) is 28.8 Å². The van der Waals surface area contributed by atoms with Crippen molar-refractivity contribution in [2.75, 3.05) is 25.5 Å². The van der Waals surface area contributed by atoms with Crippen molar-refractivity contribution < 1.29 is 0 Å². The zero-order chi connectivity index (χ0) is 12.1. The molecule has 0 aliphatic heterocycles.